The molecule has 0 spiro atoms. The van der Waals surface area contributed by atoms with Crippen molar-refractivity contribution >= 4 is 35.5 Å². The molecule has 0 saturated carbocycles. The second-order valence-electron chi connectivity index (χ2n) is 7.63. The van der Waals surface area contributed by atoms with Crippen LogP contribution in [0, 0.1) is 5.82 Å². The van der Waals surface area contributed by atoms with E-state index < -0.39 is 30.2 Å². The summed E-state index contributed by atoms with van der Waals surface area (Å²) in [5, 5.41) is 2.99. The molecule has 1 saturated heterocycles. The number of fused-ring (bicyclic) bond motifs is 1. The molecule has 1 aliphatic heterocycles. The van der Waals surface area contributed by atoms with Gasteiger partial charge >= 0.3 is 13.2 Å². The van der Waals surface area contributed by atoms with Crippen LogP contribution in [-0.4, -0.2) is 31.0 Å². The second-order valence-corrected chi connectivity index (χ2v) is 7.63. The predicted molar refractivity (Wildman–Crippen MR) is 92.5 cm³/mol. The zero-order valence-electron chi connectivity index (χ0n) is 14.9. The standard InChI is InChI=1S/C17H21BFNO5/c1-16(2,3)24-15(21)20-13-8-10-12(23-13)7-6-11(19)14(10)18-22-9-17(4,5)25-18/h6-8H,9H2,1-5H3,(H,20,21). The molecule has 1 aliphatic rings. The van der Waals surface area contributed by atoms with Crippen molar-refractivity contribution in [3.8, 4) is 0 Å². The SMILES string of the molecule is CC(C)(C)OC(=O)Nc1cc2c(B3OCC(C)(C)O3)c(F)ccc2o1. The molecule has 0 aliphatic carbocycles. The van der Waals surface area contributed by atoms with Crippen LogP contribution in [-0.2, 0) is 14.0 Å². The average molecular weight is 349 g/mol. The van der Waals surface area contributed by atoms with E-state index in [-0.39, 0.29) is 11.3 Å². The highest BCUT2D eigenvalue weighted by molar-refractivity contribution is 6.65. The predicted octanol–water partition coefficient (Wildman–Crippen LogP) is 3.44. The second kappa shape index (κ2) is 6.03. The molecular formula is C17H21BFNO5. The number of anilines is 1. The zero-order valence-corrected chi connectivity index (χ0v) is 14.9. The average Bonchev–Trinajstić information content (AvgIpc) is 2.99. The minimum absolute atomic E-state index is 0.161. The highest BCUT2D eigenvalue weighted by Crippen LogP contribution is 2.27. The van der Waals surface area contributed by atoms with Crippen LogP contribution in [0.4, 0.5) is 15.1 Å². The Bertz CT molecular complexity index is 811. The van der Waals surface area contributed by atoms with Gasteiger partial charge < -0.3 is 18.5 Å². The number of benzene rings is 1. The highest BCUT2D eigenvalue weighted by Gasteiger charge is 2.41. The number of carbonyl (C=O) groups is 1. The van der Waals surface area contributed by atoms with Gasteiger partial charge in [0.25, 0.3) is 0 Å². The van der Waals surface area contributed by atoms with Crippen molar-refractivity contribution in [1.29, 1.82) is 0 Å². The molecule has 6 nitrogen and oxygen atoms in total. The topological polar surface area (TPSA) is 69.9 Å². The molecule has 25 heavy (non-hydrogen) atoms. The first-order valence-corrected chi connectivity index (χ1v) is 8.05. The summed E-state index contributed by atoms with van der Waals surface area (Å²) >= 11 is 0. The molecule has 0 radical (unpaired) electrons. The summed E-state index contributed by atoms with van der Waals surface area (Å²) in [6.07, 6.45) is -0.650. The van der Waals surface area contributed by atoms with Gasteiger partial charge in [-0.3, -0.25) is 5.32 Å². The first kappa shape index (κ1) is 17.8. The van der Waals surface area contributed by atoms with E-state index in [1.165, 1.54) is 18.2 Å². The first-order chi connectivity index (χ1) is 11.5. The van der Waals surface area contributed by atoms with E-state index in [1.807, 2.05) is 13.8 Å². The Morgan fingerprint density at radius 2 is 2.08 bits per heavy atom. The lowest BCUT2D eigenvalue weighted by Crippen LogP contribution is -2.37. The number of nitrogens with one attached hydrogen (secondary N) is 1. The van der Waals surface area contributed by atoms with Crippen molar-refractivity contribution in [2.45, 2.75) is 45.8 Å². The van der Waals surface area contributed by atoms with Gasteiger partial charge in [-0.2, -0.15) is 0 Å². The lowest BCUT2D eigenvalue weighted by molar-refractivity contribution is 0.0633. The molecule has 1 amide bonds. The molecule has 1 aromatic heterocycles. The fraction of sp³-hybridized carbons (Fsp3) is 0.471. The number of amides is 1. The molecule has 1 aromatic carbocycles. The zero-order chi connectivity index (χ0) is 18.4. The van der Waals surface area contributed by atoms with Crippen LogP contribution < -0.4 is 10.8 Å². The summed E-state index contributed by atoms with van der Waals surface area (Å²) < 4.78 is 36.5. The van der Waals surface area contributed by atoms with Gasteiger partial charge in [0.15, 0.2) is 0 Å². The third kappa shape index (κ3) is 3.96. The number of furan rings is 1. The summed E-state index contributed by atoms with van der Waals surface area (Å²) in [5.41, 5.74) is -0.464. The van der Waals surface area contributed by atoms with Crippen LogP contribution in [0.1, 0.15) is 34.6 Å². The maximum absolute atomic E-state index is 14.4. The molecule has 1 N–H and O–H groups in total. The molecule has 2 aromatic rings. The minimum Gasteiger partial charge on any atom is -0.444 e. The number of hydrogen-bond donors (Lipinski definition) is 1. The Morgan fingerprint density at radius 1 is 1.36 bits per heavy atom. The van der Waals surface area contributed by atoms with Crippen molar-refractivity contribution in [2.75, 3.05) is 11.9 Å². The van der Waals surface area contributed by atoms with Gasteiger partial charge in [0.2, 0.25) is 5.88 Å². The number of carbonyl (C=O) groups excluding carboxylic acids is 1. The molecule has 8 heteroatoms. The molecule has 0 atom stereocenters. The van der Waals surface area contributed by atoms with Gasteiger partial charge in [0.05, 0.1) is 12.2 Å². The minimum atomic E-state index is -0.828. The molecule has 0 bridgehead atoms. The number of rotatable bonds is 2. The molecule has 1 fully saturated rings. The van der Waals surface area contributed by atoms with E-state index in [0.29, 0.717) is 17.6 Å². The summed E-state index contributed by atoms with van der Waals surface area (Å²) in [6.45, 7) is 9.37. The molecule has 0 unspecified atom stereocenters. The van der Waals surface area contributed by atoms with Crippen molar-refractivity contribution in [2.24, 2.45) is 0 Å². The summed E-state index contributed by atoms with van der Waals surface area (Å²) in [5.74, 6) is -0.298. The normalized spacial score (nSPS) is 17.1. The van der Waals surface area contributed by atoms with E-state index in [0.717, 1.165) is 0 Å². The van der Waals surface area contributed by atoms with Crippen LogP contribution >= 0.6 is 0 Å². The van der Waals surface area contributed by atoms with Crippen LogP contribution in [0.15, 0.2) is 22.6 Å². The van der Waals surface area contributed by atoms with Gasteiger partial charge in [-0.05, 0) is 46.8 Å². The first-order valence-electron chi connectivity index (χ1n) is 8.05. The Balaban J connectivity index is 1.90. The van der Waals surface area contributed by atoms with Crippen LogP contribution in [0.2, 0.25) is 0 Å². The van der Waals surface area contributed by atoms with Crippen LogP contribution in [0.25, 0.3) is 11.0 Å². The van der Waals surface area contributed by atoms with E-state index in [2.05, 4.69) is 5.32 Å². The number of hydrogen-bond acceptors (Lipinski definition) is 5. The molecule has 2 heterocycles. The van der Waals surface area contributed by atoms with Gasteiger partial charge in [0.1, 0.15) is 17.0 Å². The fourth-order valence-corrected chi connectivity index (χ4v) is 2.59. The van der Waals surface area contributed by atoms with Crippen molar-refractivity contribution < 1.29 is 27.6 Å². The molecule has 3 rings (SSSR count). The van der Waals surface area contributed by atoms with Crippen molar-refractivity contribution in [3.63, 3.8) is 0 Å². The van der Waals surface area contributed by atoms with Crippen LogP contribution in [0.3, 0.4) is 0 Å². The number of ether oxygens (including phenoxy) is 1. The van der Waals surface area contributed by atoms with Crippen LogP contribution in [0.5, 0.6) is 0 Å². The van der Waals surface area contributed by atoms with Gasteiger partial charge in [0, 0.05) is 16.9 Å². The lowest BCUT2D eigenvalue weighted by Gasteiger charge is -2.18. The Kier molecular flexibility index (Phi) is 4.29. The quantitative estimate of drug-likeness (QED) is 0.841. The van der Waals surface area contributed by atoms with Crippen molar-refractivity contribution in [1.82, 2.24) is 0 Å². The van der Waals surface area contributed by atoms with E-state index in [1.54, 1.807) is 20.8 Å². The largest absolute Gasteiger partial charge is 0.498 e. The maximum Gasteiger partial charge on any atom is 0.498 e. The Labute approximate surface area is 145 Å². The van der Waals surface area contributed by atoms with Gasteiger partial charge in [-0.25, -0.2) is 9.18 Å². The molecular weight excluding hydrogens is 328 g/mol. The number of halogens is 1. The van der Waals surface area contributed by atoms with E-state index in [4.69, 9.17) is 18.5 Å². The third-order valence-corrected chi connectivity index (χ3v) is 3.56. The third-order valence-electron chi connectivity index (χ3n) is 3.56. The molecule has 134 valence electrons. The van der Waals surface area contributed by atoms with E-state index in [9.17, 15) is 9.18 Å². The fourth-order valence-electron chi connectivity index (χ4n) is 2.59. The smallest absolute Gasteiger partial charge is 0.444 e. The maximum atomic E-state index is 14.4. The lowest BCUT2D eigenvalue weighted by atomic mass is 9.76. The van der Waals surface area contributed by atoms with Gasteiger partial charge in [-0.1, -0.05) is 0 Å². The van der Waals surface area contributed by atoms with E-state index >= 15 is 0 Å². The monoisotopic (exact) mass is 349 g/mol. The Hall–Kier alpha value is -2.06. The summed E-state index contributed by atoms with van der Waals surface area (Å²) in [4.78, 5) is 11.9. The van der Waals surface area contributed by atoms with Crippen molar-refractivity contribution in [3.05, 3.63) is 24.0 Å². The Morgan fingerprint density at radius 3 is 2.68 bits per heavy atom. The highest BCUT2D eigenvalue weighted by atomic mass is 19.1. The van der Waals surface area contributed by atoms with Gasteiger partial charge in [-0.15, -0.1) is 0 Å². The summed E-state index contributed by atoms with van der Waals surface area (Å²) in [7, 11) is -0.828. The summed E-state index contributed by atoms with van der Waals surface area (Å²) in [6, 6.07) is 4.32.